The SMILES string of the molecule is O=C(O)CCCCC(=O)O.[Ca+2].[H-].[H-]. The number of rotatable bonds is 5. The molecular formula is C6H12CaO4. The first-order valence-corrected chi connectivity index (χ1v) is 3.06. The van der Waals surface area contributed by atoms with Gasteiger partial charge in [0.05, 0.1) is 0 Å². The molecule has 0 saturated heterocycles. The molecule has 62 valence electrons. The Labute approximate surface area is 97.6 Å². The van der Waals surface area contributed by atoms with Crippen molar-refractivity contribution in [2.24, 2.45) is 0 Å². The monoisotopic (exact) mass is 188 g/mol. The molecular weight excluding hydrogens is 176 g/mol. The van der Waals surface area contributed by atoms with Crippen LogP contribution in [0.5, 0.6) is 0 Å². The van der Waals surface area contributed by atoms with Crippen LogP contribution in [-0.2, 0) is 9.59 Å². The van der Waals surface area contributed by atoms with Crippen LogP contribution in [0, 0.1) is 0 Å². The van der Waals surface area contributed by atoms with E-state index < -0.39 is 11.9 Å². The van der Waals surface area contributed by atoms with Crippen LogP contribution in [0.25, 0.3) is 0 Å². The molecule has 0 unspecified atom stereocenters. The molecule has 0 fully saturated rings. The quantitative estimate of drug-likeness (QED) is 0.488. The molecule has 0 spiro atoms. The van der Waals surface area contributed by atoms with E-state index in [0.29, 0.717) is 12.8 Å². The average molecular weight is 188 g/mol. The molecule has 0 saturated carbocycles. The van der Waals surface area contributed by atoms with Gasteiger partial charge in [-0.2, -0.15) is 0 Å². The van der Waals surface area contributed by atoms with E-state index in [1.165, 1.54) is 0 Å². The van der Waals surface area contributed by atoms with Gasteiger partial charge in [0.25, 0.3) is 0 Å². The summed E-state index contributed by atoms with van der Waals surface area (Å²) in [6.45, 7) is 0. The van der Waals surface area contributed by atoms with E-state index in [1.54, 1.807) is 0 Å². The van der Waals surface area contributed by atoms with Crippen molar-refractivity contribution in [1.29, 1.82) is 0 Å². The van der Waals surface area contributed by atoms with E-state index >= 15 is 0 Å². The Morgan fingerprint density at radius 1 is 1.00 bits per heavy atom. The third-order valence-electron chi connectivity index (χ3n) is 1.03. The Kier molecular flexibility index (Phi) is 10.4. The van der Waals surface area contributed by atoms with Crippen LogP contribution in [0.4, 0.5) is 0 Å². The number of unbranched alkanes of at least 4 members (excludes halogenated alkanes) is 1. The number of carbonyl (C=O) groups is 2. The third kappa shape index (κ3) is 13.2. The predicted octanol–water partition coefficient (Wildman–Crippen LogP) is 0.560. The fraction of sp³-hybridized carbons (Fsp3) is 0.667. The van der Waals surface area contributed by atoms with E-state index in [1.807, 2.05) is 0 Å². The predicted molar refractivity (Wildman–Crippen MR) is 41.7 cm³/mol. The Morgan fingerprint density at radius 2 is 1.27 bits per heavy atom. The van der Waals surface area contributed by atoms with Crippen molar-refractivity contribution in [2.45, 2.75) is 25.7 Å². The van der Waals surface area contributed by atoms with Gasteiger partial charge in [0, 0.05) is 12.8 Å². The van der Waals surface area contributed by atoms with Crippen molar-refractivity contribution in [3.63, 3.8) is 0 Å². The maximum atomic E-state index is 9.90. The first-order chi connectivity index (χ1) is 4.63. The molecule has 0 radical (unpaired) electrons. The van der Waals surface area contributed by atoms with E-state index in [9.17, 15) is 9.59 Å². The largest absolute Gasteiger partial charge is 2.00 e. The molecule has 0 rings (SSSR count). The van der Waals surface area contributed by atoms with Gasteiger partial charge in [-0.05, 0) is 12.8 Å². The molecule has 0 bridgehead atoms. The van der Waals surface area contributed by atoms with Crippen LogP contribution < -0.4 is 0 Å². The summed E-state index contributed by atoms with van der Waals surface area (Å²) in [5.41, 5.74) is 0. The van der Waals surface area contributed by atoms with Gasteiger partial charge < -0.3 is 13.1 Å². The van der Waals surface area contributed by atoms with Crippen LogP contribution in [0.2, 0.25) is 0 Å². The summed E-state index contributed by atoms with van der Waals surface area (Å²) in [5.74, 6) is -1.74. The van der Waals surface area contributed by atoms with E-state index in [4.69, 9.17) is 10.2 Å². The van der Waals surface area contributed by atoms with Gasteiger partial charge in [-0.15, -0.1) is 0 Å². The van der Waals surface area contributed by atoms with Crippen LogP contribution >= 0.6 is 0 Å². The number of aliphatic carboxylic acids is 2. The van der Waals surface area contributed by atoms with E-state index in [2.05, 4.69) is 0 Å². The second-order valence-electron chi connectivity index (χ2n) is 1.99. The summed E-state index contributed by atoms with van der Waals surface area (Å²) in [6, 6.07) is 0. The molecule has 0 atom stereocenters. The third-order valence-corrected chi connectivity index (χ3v) is 1.03. The second kappa shape index (κ2) is 8.30. The zero-order chi connectivity index (χ0) is 7.98. The van der Waals surface area contributed by atoms with Crippen LogP contribution in [0.3, 0.4) is 0 Å². The Balaban J connectivity index is -0.000000135. The molecule has 0 aliphatic carbocycles. The van der Waals surface area contributed by atoms with Gasteiger partial charge in [-0.1, -0.05) is 0 Å². The van der Waals surface area contributed by atoms with Gasteiger partial charge >= 0.3 is 49.7 Å². The van der Waals surface area contributed by atoms with E-state index in [-0.39, 0.29) is 53.4 Å². The van der Waals surface area contributed by atoms with Gasteiger partial charge in [0.15, 0.2) is 0 Å². The van der Waals surface area contributed by atoms with Crippen molar-refractivity contribution in [3.05, 3.63) is 0 Å². The van der Waals surface area contributed by atoms with Gasteiger partial charge in [0.2, 0.25) is 0 Å². The maximum Gasteiger partial charge on any atom is 2.00 e. The van der Waals surface area contributed by atoms with Gasteiger partial charge in [-0.3, -0.25) is 9.59 Å². The smallest absolute Gasteiger partial charge is 1.00 e. The average Bonchev–Trinajstić information content (AvgIpc) is 1.79. The summed E-state index contributed by atoms with van der Waals surface area (Å²) in [4.78, 5) is 19.8. The zero-order valence-electron chi connectivity index (χ0n) is 8.25. The first-order valence-electron chi connectivity index (χ1n) is 3.06. The molecule has 0 aliphatic rings. The Bertz CT molecular complexity index is 127. The Morgan fingerprint density at radius 3 is 1.45 bits per heavy atom. The summed E-state index contributed by atoms with van der Waals surface area (Å²) in [6.07, 6.45) is 1.02. The molecule has 0 aromatic heterocycles. The number of hydrogen-bond donors (Lipinski definition) is 2. The van der Waals surface area contributed by atoms with Crippen LogP contribution in [0.15, 0.2) is 0 Å². The number of carboxylic acid groups (broad SMARTS) is 2. The molecule has 4 nitrogen and oxygen atoms in total. The van der Waals surface area contributed by atoms with Crippen molar-refractivity contribution >= 4 is 49.7 Å². The molecule has 2 N–H and O–H groups in total. The molecule has 5 heteroatoms. The standard InChI is InChI=1S/C6H10O4.Ca.2H/c7-5(8)3-1-2-4-6(9)10;;;/h1-4H2,(H,7,8)(H,9,10);;;/q;+2;2*-1. The number of hydrogen-bond acceptors (Lipinski definition) is 2. The summed E-state index contributed by atoms with van der Waals surface area (Å²) >= 11 is 0. The minimum Gasteiger partial charge on any atom is -1.00 e. The molecule has 0 aromatic carbocycles. The molecule has 0 aliphatic heterocycles. The van der Waals surface area contributed by atoms with Crippen molar-refractivity contribution in [2.75, 3.05) is 0 Å². The van der Waals surface area contributed by atoms with Crippen LogP contribution in [0.1, 0.15) is 28.5 Å². The summed E-state index contributed by atoms with van der Waals surface area (Å²) in [7, 11) is 0. The zero-order valence-corrected chi connectivity index (χ0v) is 8.45. The van der Waals surface area contributed by atoms with Crippen molar-refractivity contribution in [3.8, 4) is 0 Å². The summed E-state index contributed by atoms with van der Waals surface area (Å²) in [5, 5.41) is 16.3. The minimum absolute atomic E-state index is 0. The molecule has 0 heterocycles. The summed E-state index contributed by atoms with van der Waals surface area (Å²) < 4.78 is 0. The number of carboxylic acids is 2. The Hall–Kier alpha value is 0.200. The van der Waals surface area contributed by atoms with Gasteiger partial charge in [0.1, 0.15) is 0 Å². The molecule has 0 amide bonds. The van der Waals surface area contributed by atoms with E-state index in [0.717, 1.165) is 0 Å². The molecule has 0 aromatic rings. The van der Waals surface area contributed by atoms with Crippen molar-refractivity contribution in [1.82, 2.24) is 0 Å². The normalized spacial score (nSPS) is 8.36. The fourth-order valence-corrected chi connectivity index (χ4v) is 0.552. The second-order valence-corrected chi connectivity index (χ2v) is 1.99. The fourth-order valence-electron chi connectivity index (χ4n) is 0.552. The maximum absolute atomic E-state index is 9.90. The van der Waals surface area contributed by atoms with Crippen LogP contribution in [-0.4, -0.2) is 59.9 Å². The minimum atomic E-state index is -0.870. The molecule has 11 heavy (non-hydrogen) atoms. The van der Waals surface area contributed by atoms with Gasteiger partial charge in [-0.25, -0.2) is 0 Å². The first kappa shape index (κ1) is 13.8. The van der Waals surface area contributed by atoms with Crippen molar-refractivity contribution < 1.29 is 22.7 Å². The topological polar surface area (TPSA) is 74.6 Å².